The van der Waals surface area contributed by atoms with E-state index in [1.807, 2.05) is 12.1 Å². The Morgan fingerprint density at radius 2 is 1.91 bits per heavy atom. The highest BCUT2D eigenvalue weighted by atomic mass is 16.6. The number of terminal acetylenes is 1. The number of carbonyl (C=O) groups excluding carboxylic acids is 1. The maximum Gasteiger partial charge on any atom is 0.412 e. The molecule has 1 aromatic rings. The Morgan fingerprint density at radius 1 is 1.26 bits per heavy atom. The van der Waals surface area contributed by atoms with Gasteiger partial charge in [0, 0.05) is 0 Å². The summed E-state index contributed by atoms with van der Waals surface area (Å²) in [6, 6.07) is 3.70. The van der Waals surface area contributed by atoms with E-state index in [0.717, 1.165) is 18.4 Å². The number of ether oxygens (including phenoxy) is 3. The summed E-state index contributed by atoms with van der Waals surface area (Å²) in [5.41, 5.74) is 0.556. The number of benzene rings is 1. The standard InChI is InChI=1S/C18H23NO4/c1-7-18(8-9-18)12-10-13(15(22-6)14(11-12)21-5)19-16(20)23-17(2,3)4/h1,10-11H,8-9H2,2-6H3,(H,19,20). The molecule has 5 heteroatoms. The first-order chi connectivity index (χ1) is 10.7. The monoisotopic (exact) mass is 317 g/mol. The molecule has 0 saturated heterocycles. The van der Waals surface area contributed by atoms with E-state index in [2.05, 4.69) is 11.2 Å². The van der Waals surface area contributed by atoms with Gasteiger partial charge in [0.25, 0.3) is 0 Å². The first kappa shape index (κ1) is 17.0. The van der Waals surface area contributed by atoms with Gasteiger partial charge in [0.15, 0.2) is 11.5 Å². The van der Waals surface area contributed by atoms with Gasteiger partial charge in [0.05, 0.1) is 25.3 Å². The van der Waals surface area contributed by atoms with E-state index < -0.39 is 11.7 Å². The van der Waals surface area contributed by atoms with Crippen LogP contribution in [0, 0.1) is 12.3 Å². The molecule has 1 N–H and O–H groups in total. The van der Waals surface area contributed by atoms with Gasteiger partial charge in [-0.3, -0.25) is 5.32 Å². The fourth-order valence-electron chi connectivity index (χ4n) is 2.39. The predicted molar refractivity (Wildman–Crippen MR) is 89.1 cm³/mol. The van der Waals surface area contributed by atoms with Crippen molar-refractivity contribution in [2.75, 3.05) is 19.5 Å². The molecule has 1 saturated carbocycles. The molecule has 0 bridgehead atoms. The summed E-state index contributed by atoms with van der Waals surface area (Å²) in [7, 11) is 3.07. The lowest BCUT2D eigenvalue weighted by Gasteiger charge is -2.22. The van der Waals surface area contributed by atoms with Crippen molar-refractivity contribution in [2.45, 2.75) is 44.6 Å². The van der Waals surface area contributed by atoms with Crippen LogP contribution in [0.25, 0.3) is 0 Å². The molecule has 0 radical (unpaired) electrons. The van der Waals surface area contributed by atoms with Gasteiger partial charge >= 0.3 is 6.09 Å². The molecule has 1 amide bonds. The summed E-state index contributed by atoms with van der Waals surface area (Å²) in [6.07, 6.45) is 6.95. The molecule has 0 atom stereocenters. The van der Waals surface area contributed by atoms with E-state index in [9.17, 15) is 4.79 Å². The van der Waals surface area contributed by atoms with Crippen molar-refractivity contribution in [3.8, 4) is 23.8 Å². The van der Waals surface area contributed by atoms with Crippen LogP contribution in [0.3, 0.4) is 0 Å². The second-order valence-corrected chi connectivity index (χ2v) is 6.61. The number of methoxy groups -OCH3 is 2. The number of amides is 1. The fourth-order valence-corrected chi connectivity index (χ4v) is 2.39. The second kappa shape index (κ2) is 6.04. The molecule has 0 aliphatic heterocycles. The van der Waals surface area contributed by atoms with Crippen LogP contribution >= 0.6 is 0 Å². The number of rotatable bonds is 4. The van der Waals surface area contributed by atoms with Gasteiger partial charge in [-0.25, -0.2) is 4.79 Å². The third kappa shape index (κ3) is 3.70. The van der Waals surface area contributed by atoms with Gasteiger partial charge in [-0.15, -0.1) is 6.42 Å². The Balaban J connectivity index is 2.38. The largest absolute Gasteiger partial charge is 0.493 e. The number of anilines is 1. The van der Waals surface area contributed by atoms with Gasteiger partial charge < -0.3 is 14.2 Å². The Morgan fingerprint density at radius 3 is 2.35 bits per heavy atom. The maximum absolute atomic E-state index is 12.1. The van der Waals surface area contributed by atoms with Gasteiger partial charge in [0.1, 0.15) is 5.60 Å². The summed E-state index contributed by atoms with van der Waals surface area (Å²) in [6.45, 7) is 5.41. The molecule has 5 nitrogen and oxygen atoms in total. The Bertz CT molecular complexity index is 648. The third-order valence-corrected chi connectivity index (χ3v) is 3.69. The molecule has 2 rings (SSSR count). The molecule has 0 unspecified atom stereocenters. The van der Waals surface area contributed by atoms with Crippen molar-refractivity contribution in [3.05, 3.63) is 17.7 Å². The molecular weight excluding hydrogens is 294 g/mol. The average molecular weight is 317 g/mol. The van der Waals surface area contributed by atoms with Crippen LogP contribution in [-0.2, 0) is 10.2 Å². The SMILES string of the molecule is C#CC1(c2cc(NC(=O)OC(C)(C)C)c(OC)c(OC)c2)CC1. The highest BCUT2D eigenvalue weighted by molar-refractivity contribution is 5.88. The number of nitrogens with one attached hydrogen (secondary N) is 1. The Labute approximate surface area is 137 Å². The lowest BCUT2D eigenvalue weighted by Crippen LogP contribution is -2.27. The van der Waals surface area contributed by atoms with Crippen LogP contribution in [0.4, 0.5) is 10.5 Å². The highest BCUT2D eigenvalue weighted by Crippen LogP contribution is 2.51. The summed E-state index contributed by atoms with van der Waals surface area (Å²) in [4.78, 5) is 12.1. The molecule has 0 heterocycles. The molecular formula is C18H23NO4. The minimum absolute atomic E-state index is 0.274. The van der Waals surface area contributed by atoms with Gasteiger partial charge in [-0.1, -0.05) is 5.92 Å². The van der Waals surface area contributed by atoms with Crippen LogP contribution in [0.2, 0.25) is 0 Å². The average Bonchev–Trinajstić information content (AvgIpc) is 3.25. The molecule has 23 heavy (non-hydrogen) atoms. The lowest BCUT2D eigenvalue weighted by atomic mass is 9.96. The van der Waals surface area contributed by atoms with E-state index in [1.165, 1.54) is 7.11 Å². The summed E-state index contributed by atoms with van der Waals surface area (Å²) in [5, 5.41) is 2.72. The maximum atomic E-state index is 12.1. The molecule has 1 aromatic carbocycles. The van der Waals surface area contributed by atoms with E-state index >= 15 is 0 Å². The zero-order chi connectivity index (χ0) is 17.3. The normalized spacial score (nSPS) is 15.3. The van der Waals surface area contributed by atoms with Crippen LogP contribution in [0.5, 0.6) is 11.5 Å². The van der Waals surface area contributed by atoms with Crippen molar-refractivity contribution < 1.29 is 19.0 Å². The number of carbonyl (C=O) groups is 1. The Kier molecular flexibility index (Phi) is 4.46. The van der Waals surface area contributed by atoms with Crippen molar-refractivity contribution in [1.29, 1.82) is 0 Å². The molecule has 124 valence electrons. The second-order valence-electron chi connectivity index (χ2n) is 6.61. The quantitative estimate of drug-likeness (QED) is 0.860. The topological polar surface area (TPSA) is 56.8 Å². The lowest BCUT2D eigenvalue weighted by molar-refractivity contribution is 0.0635. The molecule has 0 aromatic heterocycles. The third-order valence-electron chi connectivity index (χ3n) is 3.69. The Hall–Kier alpha value is -2.35. The predicted octanol–water partition coefficient (Wildman–Crippen LogP) is 3.72. The van der Waals surface area contributed by atoms with E-state index in [0.29, 0.717) is 17.2 Å². The fraction of sp³-hybridized carbons (Fsp3) is 0.500. The molecule has 1 aliphatic rings. The zero-order valence-electron chi connectivity index (χ0n) is 14.3. The van der Waals surface area contributed by atoms with E-state index in [1.54, 1.807) is 27.9 Å². The minimum Gasteiger partial charge on any atom is -0.493 e. The van der Waals surface area contributed by atoms with Crippen LogP contribution in [0.15, 0.2) is 12.1 Å². The minimum atomic E-state index is -0.588. The number of hydrogen-bond acceptors (Lipinski definition) is 4. The highest BCUT2D eigenvalue weighted by Gasteiger charge is 2.43. The first-order valence-corrected chi connectivity index (χ1v) is 7.49. The summed E-state index contributed by atoms with van der Waals surface area (Å²) >= 11 is 0. The summed E-state index contributed by atoms with van der Waals surface area (Å²) in [5.74, 6) is 3.80. The van der Waals surface area contributed by atoms with Crippen LogP contribution in [0.1, 0.15) is 39.2 Å². The van der Waals surface area contributed by atoms with Crippen molar-refractivity contribution in [2.24, 2.45) is 0 Å². The van der Waals surface area contributed by atoms with Gasteiger partial charge in [-0.2, -0.15) is 0 Å². The van der Waals surface area contributed by atoms with Crippen molar-refractivity contribution in [1.82, 2.24) is 0 Å². The van der Waals surface area contributed by atoms with Gasteiger partial charge in [0.2, 0.25) is 0 Å². The van der Waals surface area contributed by atoms with Crippen LogP contribution < -0.4 is 14.8 Å². The van der Waals surface area contributed by atoms with Crippen molar-refractivity contribution in [3.63, 3.8) is 0 Å². The van der Waals surface area contributed by atoms with Crippen LogP contribution in [-0.4, -0.2) is 25.9 Å². The molecule has 0 spiro atoms. The molecule has 1 aliphatic carbocycles. The zero-order valence-corrected chi connectivity index (χ0v) is 14.3. The smallest absolute Gasteiger partial charge is 0.412 e. The summed E-state index contributed by atoms with van der Waals surface area (Å²) < 4.78 is 16.1. The molecule has 1 fully saturated rings. The van der Waals surface area contributed by atoms with E-state index in [4.69, 9.17) is 20.6 Å². The van der Waals surface area contributed by atoms with Crippen molar-refractivity contribution >= 4 is 11.8 Å². The number of hydrogen-bond donors (Lipinski definition) is 1. The van der Waals surface area contributed by atoms with Gasteiger partial charge in [-0.05, 0) is 51.3 Å². The van der Waals surface area contributed by atoms with E-state index in [-0.39, 0.29) is 5.41 Å². The first-order valence-electron chi connectivity index (χ1n) is 7.49.